The lowest BCUT2D eigenvalue weighted by Crippen LogP contribution is -2.36. The van der Waals surface area contributed by atoms with Crippen LogP contribution in [0.5, 0.6) is 0 Å². The number of rotatable bonds is 6. The molecule has 0 aromatic heterocycles. The predicted octanol–water partition coefficient (Wildman–Crippen LogP) is 3.35. The lowest BCUT2D eigenvalue weighted by Gasteiger charge is -2.29. The number of hydrogen-bond donors (Lipinski definition) is 1. The Kier molecular flexibility index (Phi) is 5.99. The summed E-state index contributed by atoms with van der Waals surface area (Å²) in [5.74, 6) is 0.543. The zero-order valence-electron chi connectivity index (χ0n) is 12.8. The normalized spacial score (nSPS) is 18.1. The molecule has 1 aromatic carbocycles. The summed E-state index contributed by atoms with van der Waals surface area (Å²) in [4.78, 5) is 2.58. The molecule has 0 radical (unpaired) electrons. The highest BCUT2D eigenvalue weighted by Gasteiger charge is 2.13. The van der Waals surface area contributed by atoms with Gasteiger partial charge in [0.2, 0.25) is 0 Å². The molecule has 2 rings (SSSR count). The molecule has 1 unspecified atom stereocenters. The van der Waals surface area contributed by atoms with Gasteiger partial charge in [-0.15, -0.1) is 0 Å². The molecule has 0 saturated carbocycles. The fraction of sp³-hybridized carbons (Fsp3) is 0.647. The van der Waals surface area contributed by atoms with Gasteiger partial charge in [-0.05, 0) is 62.5 Å². The molecule has 0 aliphatic carbocycles. The highest BCUT2D eigenvalue weighted by atomic mass is 19.1. The molecule has 1 fully saturated rings. The van der Waals surface area contributed by atoms with E-state index in [9.17, 15) is 4.39 Å². The molecule has 0 bridgehead atoms. The van der Waals surface area contributed by atoms with Crippen LogP contribution in [-0.2, 0) is 6.54 Å². The molecular formula is C17H27FN2. The van der Waals surface area contributed by atoms with Crippen molar-refractivity contribution in [1.29, 1.82) is 0 Å². The van der Waals surface area contributed by atoms with Gasteiger partial charge in [-0.3, -0.25) is 0 Å². The third kappa shape index (κ3) is 4.88. The average molecular weight is 278 g/mol. The van der Waals surface area contributed by atoms with E-state index >= 15 is 0 Å². The van der Waals surface area contributed by atoms with Crippen molar-refractivity contribution in [3.05, 3.63) is 35.1 Å². The Morgan fingerprint density at radius 2 is 2.00 bits per heavy atom. The molecule has 0 amide bonds. The Bertz CT molecular complexity index is 413. The van der Waals surface area contributed by atoms with Crippen molar-refractivity contribution in [2.45, 2.75) is 39.7 Å². The molecule has 0 spiro atoms. The number of benzene rings is 1. The molecule has 1 aliphatic rings. The monoisotopic (exact) mass is 278 g/mol. The molecule has 1 N–H and O–H groups in total. The fourth-order valence-corrected chi connectivity index (χ4v) is 2.93. The fourth-order valence-electron chi connectivity index (χ4n) is 2.93. The highest BCUT2D eigenvalue weighted by molar-refractivity contribution is 5.23. The van der Waals surface area contributed by atoms with Crippen LogP contribution in [0.3, 0.4) is 0 Å². The van der Waals surface area contributed by atoms with Crippen molar-refractivity contribution < 1.29 is 4.39 Å². The van der Waals surface area contributed by atoms with Crippen molar-refractivity contribution in [3.63, 3.8) is 0 Å². The van der Waals surface area contributed by atoms with Gasteiger partial charge in [0.1, 0.15) is 5.82 Å². The summed E-state index contributed by atoms with van der Waals surface area (Å²) in [5.41, 5.74) is 1.89. The number of piperidine rings is 1. The topological polar surface area (TPSA) is 15.3 Å². The van der Waals surface area contributed by atoms with Crippen LogP contribution in [0.1, 0.15) is 37.3 Å². The minimum Gasteiger partial charge on any atom is -0.312 e. The van der Waals surface area contributed by atoms with Gasteiger partial charge < -0.3 is 10.2 Å². The van der Waals surface area contributed by atoms with Gasteiger partial charge in [0.25, 0.3) is 0 Å². The van der Waals surface area contributed by atoms with Gasteiger partial charge in [-0.1, -0.05) is 25.5 Å². The Morgan fingerprint density at radius 3 is 2.70 bits per heavy atom. The van der Waals surface area contributed by atoms with Gasteiger partial charge in [0.15, 0.2) is 0 Å². The molecule has 2 nitrogen and oxygen atoms in total. The largest absolute Gasteiger partial charge is 0.312 e. The average Bonchev–Trinajstić information content (AvgIpc) is 2.44. The Balaban J connectivity index is 1.67. The number of likely N-dealkylation sites (tertiary alicyclic amines) is 1. The van der Waals surface area contributed by atoms with E-state index in [2.05, 4.69) is 17.1 Å². The van der Waals surface area contributed by atoms with Gasteiger partial charge >= 0.3 is 0 Å². The van der Waals surface area contributed by atoms with E-state index in [1.807, 2.05) is 19.1 Å². The van der Waals surface area contributed by atoms with Gasteiger partial charge in [0, 0.05) is 13.1 Å². The number of halogens is 1. The quantitative estimate of drug-likeness (QED) is 0.858. The van der Waals surface area contributed by atoms with Crippen molar-refractivity contribution in [3.8, 4) is 0 Å². The van der Waals surface area contributed by atoms with Crippen molar-refractivity contribution >= 4 is 0 Å². The Labute approximate surface area is 122 Å². The first-order chi connectivity index (χ1) is 9.65. The van der Waals surface area contributed by atoms with Crippen molar-refractivity contribution in [2.75, 3.05) is 26.2 Å². The summed E-state index contributed by atoms with van der Waals surface area (Å²) in [7, 11) is 0. The van der Waals surface area contributed by atoms with E-state index in [0.29, 0.717) is 5.92 Å². The summed E-state index contributed by atoms with van der Waals surface area (Å²) >= 11 is 0. The summed E-state index contributed by atoms with van der Waals surface area (Å²) in [6, 6.07) is 5.35. The number of nitrogens with one attached hydrogen (secondary N) is 1. The first kappa shape index (κ1) is 15.5. The molecule has 1 aliphatic heterocycles. The first-order valence-electron chi connectivity index (χ1n) is 7.83. The van der Waals surface area contributed by atoms with Gasteiger partial charge in [-0.25, -0.2) is 4.39 Å². The standard InChI is InChI=1S/C17H27FN2/c1-14(13-20-8-4-3-5-9-20)11-19-12-16-6-7-17(18)15(2)10-16/h6-7,10,14,19H,3-5,8-9,11-13H2,1-2H3. The Hall–Kier alpha value is -0.930. The van der Waals surface area contributed by atoms with Crippen LogP contribution in [0.2, 0.25) is 0 Å². The maximum Gasteiger partial charge on any atom is 0.126 e. The number of hydrogen-bond acceptors (Lipinski definition) is 2. The summed E-state index contributed by atoms with van der Waals surface area (Å²) in [6.07, 6.45) is 4.11. The molecule has 1 aromatic rings. The molecule has 1 saturated heterocycles. The predicted molar refractivity (Wildman–Crippen MR) is 82.3 cm³/mol. The van der Waals surface area contributed by atoms with Gasteiger partial charge in [-0.2, -0.15) is 0 Å². The van der Waals surface area contributed by atoms with Crippen LogP contribution < -0.4 is 5.32 Å². The van der Waals surface area contributed by atoms with E-state index in [-0.39, 0.29) is 5.82 Å². The second-order valence-corrected chi connectivity index (χ2v) is 6.18. The maximum atomic E-state index is 13.2. The smallest absolute Gasteiger partial charge is 0.126 e. The van der Waals surface area contributed by atoms with Crippen LogP contribution in [0.15, 0.2) is 18.2 Å². The third-order valence-electron chi connectivity index (χ3n) is 4.06. The second-order valence-electron chi connectivity index (χ2n) is 6.18. The molecular weight excluding hydrogens is 251 g/mol. The number of aryl methyl sites for hydroxylation is 1. The van der Waals surface area contributed by atoms with Crippen LogP contribution >= 0.6 is 0 Å². The van der Waals surface area contributed by atoms with E-state index in [1.165, 1.54) is 38.9 Å². The number of nitrogens with zero attached hydrogens (tertiary/aromatic N) is 1. The lowest BCUT2D eigenvalue weighted by molar-refractivity contribution is 0.199. The highest BCUT2D eigenvalue weighted by Crippen LogP contribution is 2.11. The van der Waals surface area contributed by atoms with E-state index in [1.54, 1.807) is 6.07 Å². The summed E-state index contributed by atoms with van der Waals surface area (Å²) in [5, 5.41) is 3.49. The molecule has 1 atom stereocenters. The minimum atomic E-state index is -0.118. The SMILES string of the molecule is Cc1cc(CNCC(C)CN2CCCCC2)ccc1F. The molecule has 1 heterocycles. The molecule has 20 heavy (non-hydrogen) atoms. The first-order valence-corrected chi connectivity index (χ1v) is 7.83. The maximum absolute atomic E-state index is 13.2. The third-order valence-corrected chi connectivity index (χ3v) is 4.06. The zero-order valence-corrected chi connectivity index (χ0v) is 12.8. The lowest BCUT2D eigenvalue weighted by atomic mass is 10.1. The minimum absolute atomic E-state index is 0.118. The summed E-state index contributed by atoms with van der Waals surface area (Å²) in [6.45, 7) is 9.69. The van der Waals surface area contributed by atoms with Crippen LogP contribution in [-0.4, -0.2) is 31.1 Å². The zero-order chi connectivity index (χ0) is 14.4. The van der Waals surface area contributed by atoms with Gasteiger partial charge in [0.05, 0.1) is 0 Å². The van der Waals surface area contributed by atoms with E-state index in [0.717, 1.165) is 24.2 Å². The van der Waals surface area contributed by atoms with Crippen LogP contribution in [0.4, 0.5) is 4.39 Å². The van der Waals surface area contributed by atoms with Crippen LogP contribution in [0, 0.1) is 18.7 Å². The van der Waals surface area contributed by atoms with E-state index < -0.39 is 0 Å². The summed E-state index contributed by atoms with van der Waals surface area (Å²) < 4.78 is 13.2. The second kappa shape index (κ2) is 7.75. The molecule has 112 valence electrons. The van der Waals surface area contributed by atoms with Crippen molar-refractivity contribution in [1.82, 2.24) is 10.2 Å². The van der Waals surface area contributed by atoms with Crippen molar-refractivity contribution in [2.24, 2.45) is 5.92 Å². The van der Waals surface area contributed by atoms with Crippen LogP contribution in [0.25, 0.3) is 0 Å². The molecule has 3 heteroatoms. The van der Waals surface area contributed by atoms with E-state index in [4.69, 9.17) is 0 Å². The Morgan fingerprint density at radius 1 is 1.25 bits per heavy atom.